The third-order valence-corrected chi connectivity index (χ3v) is 3.77. The Hall–Kier alpha value is -0.960. The molecule has 3 nitrogen and oxygen atoms in total. The fourth-order valence-electron chi connectivity index (χ4n) is 2.15. The van der Waals surface area contributed by atoms with Crippen LogP contribution >= 0.6 is 11.6 Å². The van der Waals surface area contributed by atoms with Gasteiger partial charge in [0.25, 0.3) is 0 Å². The van der Waals surface area contributed by atoms with Gasteiger partial charge in [0, 0.05) is 13.1 Å². The van der Waals surface area contributed by atoms with E-state index >= 15 is 0 Å². The molecule has 0 aliphatic heterocycles. The van der Waals surface area contributed by atoms with E-state index in [2.05, 4.69) is 9.88 Å². The normalized spacial score (nSPS) is 19.4. The van der Waals surface area contributed by atoms with Gasteiger partial charge in [-0.15, -0.1) is 0 Å². The van der Waals surface area contributed by atoms with Gasteiger partial charge in [-0.25, -0.2) is 4.98 Å². The van der Waals surface area contributed by atoms with Gasteiger partial charge >= 0.3 is 0 Å². The molecule has 2 aliphatic rings. The number of aromatic nitrogens is 1. The summed E-state index contributed by atoms with van der Waals surface area (Å²) in [5, 5.41) is 0.686. The van der Waals surface area contributed by atoms with Gasteiger partial charge in [0.15, 0.2) is 0 Å². The Morgan fingerprint density at radius 1 is 1.24 bits per heavy atom. The van der Waals surface area contributed by atoms with Gasteiger partial charge in [0.2, 0.25) is 0 Å². The number of nitrogens with zero attached hydrogens (tertiary/aromatic N) is 2. The molecule has 2 N–H and O–H groups in total. The van der Waals surface area contributed by atoms with E-state index in [9.17, 15) is 0 Å². The van der Waals surface area contributed by atoms with Crippen molar-refractivity contribution in [1.82, 2.24) is 4.98 Å². The second kappa shape index (κ2) is 4.37. The van der Waals surface area contributed by atoms with Crippen LogP contribution in [0.1, 0.15) is 25.7 Å². The standard InChI is InChI=1S/C13H18ClN3/c14-12-5-11(15)6-16-13(12)17(7-9-1-2-9)8-10-3-4-10/h5-6,9-10H,1-4,7-8,15H2. The highest BCUT2D eigenvalue weighted by Gasteiger charge is 2.30. The van der Waals surface area contributed by atoms with Crippen LogP contribution in [0.3, 0.4) is 0 Å². The van der Waals surface area contributed by atoms with E-state index < -0.39 is 0 Å². The number of hydrogen-bond donors (Lipinski definition) is 1. The molecule has 1 heterocycles. The summed E-state index contributed by atoms with van der Waals surface area (Å²) in [5.74, 6) is 2.62. The monoisotopic (exact) mass is 251 g/mol. The summed E-state index contributed by atoms with van der Waals surface area (Å²) in [6.07, 6.45) is 7.12. The second-order valence-corrected chi connectivity index (χ2v) is 5.77. The third-order valence-electron chi connectivity index (χ3n) is 3.49. The lowest BCUT2D eigenvalue weighted by atomic mass is 10.3. The van der Waals surface area contributed by atoms with Crippen molar-refractivity contribution < 1.29 is 0 Å². The van der Waals surface area contributed by atoms with Crippen molar-refractivity contribution in [2.24, 2.45) is 11.8 Å². The number of anilines is 2. The molecule has 4 heteroatoms. The zero-order valence-corrected chi connectivity index (χ0v) is 10.7. The molecule has 0 unspecified atom stereocenters. The van der Waals surface area contributed by atoms with Crippen molar-refractivity contribution in [1.29, 1.82) is 0 Å². The molecule has 2 fully saturated rings. The molecular formula is C13H18ClN3. The van der Waals surface area contributed by atoms with E-state index in [1.165, 1.54) is 25.7 Å². The van der Waals surface area contributed by atoms with Crippen LogP contribution in [0.5, 0.6) is 0 Å². The first-order valence-electron chi connectivity index (χ1n) is 6.38. The molecule has 0 saturated heterocycles. The lowest BCUT2D eigenvalue weighted by molar-refractivity contribution is 0.672. The van der Waals surface area contributed by atoms with Crippen LogP contribution in [0.4, 0.5) is 11.5 Å². The van der Waals surface area contributed by atoms with Gasteiger partial charge in [-0.1, -0.05) is 11.6 Å². The lowest BCUT2D eigenvalue weighted by Crippen LogP contribution is -2.29. The summed E-state index contributed by atoms with van der Waals surface area (Å²) in [4.78, 5) is 6.77. The number of hydrogen-bond acceptors (Lipinski definition) is 3. The fraction of sp³-hybridized carbons (Fsp3) is 0.615. The molecule has 1 aromatic rings. The summed E-state index contributed by atoms with van der Waals surface area (Å²) in [6.45, 7) is 2.21. The van der Waals surface area contributed by atoms with Gasteiger partial charge in [-0.05, 0) is 43.6 Å². The molecule has 1 aromatic heterocycles. The number of nitrogen functional groups attached to an aromatic ring is 1. The minimum atomic E-state index is 0.636. The van der Waals surface area contributed by atoms with Gasteiger partial charge in [-0.3, -0.25) is 0 Å². The quantitative estimate of drug-likeness (QED) is 0.875. The molecule has 0 atom stereocenters. The highest BCUT2D eigenvalue weighted by molar-refractivity contribution is 6.33. The van der Waals surface area contributed by atoms with Crippen molar-refractivity contribution in [3.05, 3.63) is 17.3 Å². The second-order valence-electron chi connectivity index (χ2n) is 5.37. The third kappa shape index (κ3) is 2.83. The number of rotatable bonds is 5. The van der Waals surface area contributed by atoms with Crippen LogP contribution in [-0.2, 0) is 0 Å². The molecule has 0 radical (unpaired) electrons. The first-order chi connectivity index (χ1) is 8.22. The highest BCUT2D eigenvalue weighted by atomic mass is 35.5. The first kappa shape index (κ1) is 11.1. The van der Waals surface area contributed by atoms with Crippen molar-refractivity contribution in [3.63, 3.8) is 0 Å². The van der Waals surface area contributed by atoms with Crippen LogP contribution < -0.4 is 10.6 Å². The fourth-order valence-corrected chi connectivity index (χ4v) is 2.44. The van der Waals surface area contributed by atoms with E-state index in [-0.39, 0.29) is 0 Å². The van der Waals surface area contributed by atoms with Crippen LogP contribution in [-0.4, -0.2) is 18.1 Å². The topological polar surface area (TPSA) is 42.1 Å². The van der Waals surface area contributed by atoms with Crippen molar-refractivity contribution in [2.75, 3.05) is 23.7 Å². The predicted octanol–water partition coefficient (Wildman–Crippen LogP) is 2.94. The Balaban J connectivity index is 1.78. The molecule has 3 rings (SSSR count). The summed E-state index contributed by atoms with van der Waals surface area (Å²) >= 11 is 6.25. The maximum absolute atomic E-state index is 6.25. The van der Waals surface area contributed by atoms with Gasteiger partial charge in [0.1, 0.15) is 5.82 Å². The van der Waals surface area contributed by atoms with Crippen molar-refractivity contribution >= 4 is 23.1 Å². The Morgan fingerprint density at radius 3 is 2.29 bits per heavy atom. The van der Waals surface area contributed by atoms with E-state index in [1.807, 2.05) is 0 Å². The summed E-state index contributed by atoms with van der Waals surface area (Å²) in [7, 11) is 0. The molecule has 2 saturated carbocycles. The lowest BCUT2D eigenvalue weighted by Gasteiger charge is -2.24. The molecule has 0 aromatic carbocycles. The van der Waals surface area contributed by atoms with Crippen LogP contribution in [0, 0.1) is 11.8 Å². The zero-order chi connectivity index (χ0) is 11.8. The number of nitrogens with two attached hydrogens (primary N) is 1. The Bertz CT molecular complexity index is 399. The van der Waals surface area contributed by atoms with Crippen LogP contribution in [0.25, 0.3) is 0 Å². The highest BCUT2D eigenvalue weighted by Crippen LogP contribution is 2.37. The average Bonchev–Trinajstić information content (AvgIpc) is 3.11. The maximum atomic E-state index is 6.25. The molecule has 17 heavy (non-hydrogen) atoms. The van der Waals surface area contributed by atoms with Crippen LogP contribution in [0.2, 0.25) is 5.02 Å². The minimum absolute atomic E-state index is 0.636. The van der Waals surface area contributed by atoms with Crippen molar-refractivity contribution in [2.45, 2.75) is 25.7 Å². The Kier molecular flexibility index (Phi) is 2.87. The van der Waals surface area contributed by atoms with E-state index in [4.69, 9.17) is 17.3 Å². The van der Waals surface area contributed by atoms with Gasteiger partial charge < -0.3 is 10.6 Å². The minimum Gasteiger partial charge on any atom is -0.397 e. The molecule has 92 valence electrons. The number of halogens is 1. The van der Waals surface area contributed by atoms with Gasteiger partial charge in [-0.2, -0.15) is 0 Å². The molecule has 0 spiro atoms. The SMILES string of the molecule is Nc1cnc(N(CC2CC2)CC2CC2)c(Cl)c1. The first-order valence-corrected chi connectivity index (χ1v) is 6.76. The smallest absolute Gasteiger partial charge is 0.147 e. The maximum Gasteiger partial charge on any atom is 0.147 e. The molecule has 0 bridgehead atoms. The van der Waals surface area contributed by atoms with Gasteiger partial charge in [0.05, 0.1) is 16.9 Å². The van der Waals surface area contributed by atoms with Crippen molar-refractivity contribution in [3.8, 4) is 0 Å². The molecular weight excluding hydrogens is 234 g/mol. The molecule has 2 aliphatic carbocycles. The number of pyridine rings is 1. The zero-order valence-electron chi connectivity index (χ0n) is 9.90. The van der Waals surface area contributed by atoms with E-state index in [0.717, 1.165) is 30.7 Å². The predicted molar refractivity (Wildman–Crippen MR) is 71.3 cm³/mol. The average molecular weight is 252 g/mol. The summed E-state index contributed by atoms with van der Waals surface area (Å²) < 4.78 is 0. The van der Waals surface area contributed by atoms with E-state index in [1.54, 1.807) is 12.3 Å². The molecule has 0 amide bonds. The largest absolute Gasteiger partial charge is 0.397 e. The Labute approximate surface area is 107 Å². The van der Waals surface area contributed by atoms with Crippen LogP contribution in [0.15, 0.2) is 12.3 Å². The Morgan fingerprint density at radius 2 is 1.82 bits per heavy atom. The summed E-state index contributed by atoms with van der Waals surface area (Å²) in [5.41, 5.74) is 6.33. The van der Waals surface area contributed by atoms with E-state index in [0.29, 0.717) is 10.7 Å². The summed E-state index contributed by atoms with van der Waals surface area (Å²) in [6, 6.07) is 1.80.